The third-order valence-electron chi connectivity index (χ3n) is 3.87. The molecule has 0 radical (unpaired) electrons. The predicted octanol–water partition coefficient (Wildman–Crippen LogP) is 1.51. The summed E-state index contributed by atoms with van der Waals surface area (Å²) in [6.45, 7) is 4.38. The average molecular weight is 312 g/mol. The Morgan fingerprint density at radius 2 is 2.26 bits per heavy atom. The first-order valence-electron chi connectivity index (χ1n) is 7.78. The van der Waals surface area contributed by atoms with Crippen molar-refractivity contribution in [3.63, 3.8) is 0 Å². The largest absolute Gasteiger partial charge is 0.379 e. The summed E-state index contributed by atoms with van der Waals surface area (Å²) in [6.07, 6.45) is 4.00. The number of aromatic nitrogens is 3. The number of nitrogens with zero attached hydrogens (tertiary/aromatic N) is 4. The van der Waals surface area contributed by atoms with Gasteiger partial charge >= 0.3 is 0 Å². The van der Waals surface area contributed by atoms with Gasteiger partial charge in [0.05, 0.1) is 13.2 Å². The van der Waals surface area contributed by atoms with Crippen molar-refractivity contribution in [3.05, 3.63) is 53.9 Å². The Kier molecular flexibility index (Phi) is 4.92. The van der Waals surface area contributed by atoms with E-state index in [0.717, 1.165) is 17.8 Å². The lowest BCUT2D eigenvalue weighted by Crippen LogP contribution is -2.36. The third-order valence-corrected chi connectivity index (χ3v) is 3.87. The topological polar surface area (TPSA) is 68.2 Å². The maximum atomic E-state index is 12.6. The van der Waals surface area contributed by atoms with Gasteiger partial charge in [-0.05, 0) is 31.5 Å². The van der Waals surface area contributed by atoms with E-state index in [0.29, 0.717) is 32.0 Å². The molecule has 2 aromatic heterocycles. The van der Waals surface area contributed by atoms with Crippen molar-refractivity contribution in [1.82, 2.24) is 19.9 Å². The van der Waals surface area contributed by atoms with Gasteiger partial charge in [0.1, 0.15) is 12.0 Å². The summed E-state index contributed by atoms with van der Waals surface area (Å²) in [7, 11) is 0. The van der Waals surface area contributed by atoms with Crippen LogP contribution in [0.3, 0.4) is 0 Å². The molecule has 0 aliphatic carbocycles. The fourth-order valence-corrected chi connectivity index (χ4v) is 2.76. The molecule has 0 saturated carbocycles. The lowest BCUT2D eigenvalue weighted by Gasteiger charge is -2.23. The van der Waals surface area contributed by atoms with Gasteiger partial charge in [-0.15, -0.1) is 0 Å². The second-order valence-corrected chi connectivity index (χ2v) is 5.76. The number of aryl methyl sites for hydroxylation is 1. The molecule has 3 heterocycles. The lowest BCUT2D eigenvalue weighted by atomic mass is 10.0. The first kappa shape index (κ1) is 15.6. The smallest absolute Gasteiger partial charge is 0.272 e. The van der Waals surface area contributed by atoms with Gasteiger partial charge in [0, 0.05) is 36.6 Å². The number of amides is 1. The van der Waals surface area contributed by atoms with Gasteiger partial charge in [-0.25, -0.2) is 9.97 Å². The van der Waals surface area contributed by atoms with Gasteiger partial charge in [-0.2, -0.15) is 0 Å². The van der Waals surface area contributed by atoms with Crippen molar-refractivity contribution in [1.29, 1.82) is 0 Å². The zero-order chi connectivity index (χ0) is 16.1. The number of hydrogen-bond acceptors (Lipinski definition) is 5. The predicted molar refractivity (Wildman–Crippen MR) is 84.9 cm³/mol. The van der Waals surface area contributed by atoms with Crippen molar-refractivity contribution in [2.24, 2.45) is 5.92 Å². The first-order chi connectivity index (χ1) is 11.2. The molecule has 1 aliphatic heterocycles. The van der Waals surface area contributed by atoms with Crippen LogP contribution in [-0.4, -0.2) is 52.1 Å². The monoisotopic (exact) mass is 312 g/mol. The van der Waals surface area contributed by atoms with Crippen LogP contribution in [0.5, 0.6) is 0 Å². The highest BCUT2D eigenvalue weighted by Crippen LogP contribution is 2.14. The highest BCUT2D eigenvalue weighted by atomic mass is 16.5. The van der Waals surface area contributed by atoms with Crippen LogP contribution in [0.4, 0.5) is 0 Å². The van der Waals surface area contributed by atoms with E-state index < -0.39 is 0 Å². The third kappa shape index (κ3) is 4.10. The quantitative estimate of drug-likeness (QED) is 0.859. The minimum Gasteiger partial charge on any atom is -0.379 e. The molecule has 1 amide bonds. The number of ether oxygens (including phenoxy) is 1. The molecular weight excluding hydrogens is 292 g/mol. The maximum Gasteiger partial charge on any atom is 0.272 e. The molecule has 1 fully saturated rings. The number of hydrogen-bond donors (Lipinski definition) is 0. The summed E-state index contributed by atoms with van der Waals surface area (Å²) >= 11 is 0. The average Bonchev–Trinajstić information content (AvgIpc) is 2.80. The van der Waals surface area contributed by atoms with Gasteiger partial charge in [0.15, 0.2) is 0 Å². The van der Waals surface area contributed by atoms with E-state index in [4.69, 9.17) is 4.74 Å². The zero-order valence-electron chi connectivity index (χ0n) is 13.2. The van der Waals surface area contributed by atoms with Crippen LogP contribution in [0.1, 0.15) is 21.9 Å². The number of rotatable bonds is 3. The highest BCUT2D eigenvalue weighted by Gasteiger charge is 2.24. The Balaban J connectivity index is 1.70. The Hall–Kier alpha value is -2.34. The van der Waals surface area contributed by atoms with Gasteiger partial charge in [0.2, 0.25) is 0 Å². The first-order valence-corrected chi connectivity index (χ1v) is 7.78. The molecule has 6 heteroatoms. The van der Waals surface area contributed by atoms with Crippen molar-refractivity contribution in [3.8, 4) is 0 Å². The van der Waals surface area contributed by atoms with E-state index in [-0.39, 0.29) is 11.8 Å². The van der Waals surface area contributed by atoms with E-state index in [1.807, 2.05) is 30.0 Å². The van der Waals surface area contributed by atoms with Gasteiger partial charge < -0.3 is 9.64 Å². The molecule has 1 atom stereocenters. The van der Waals surface area contributed by atoms with Crippen molar-refractivity contribution >= 4 is 5.91 Å². The second kappa shape index (κ2) is 7.28. The number of carbonyl (C=O) groups excluding carboxylic acids is 1. The summed E-state index contributed by atoms with van der Waals surface area (Å²) in [5.74, 6) is 0.180. The maximum absolute atomic E-state index is 12.6. The molecule has 23 heavy (non-hydrogen) atoms. The molecule has 0 unspecified atom stereocenters. The Bertz CT molecular complexity index is 663. The molecule has 6 nitrogen and oxygen atoms in total. The summed E-state index contributed by atoms with van der Waals surface area (Å²) in [5.41, 5.74) is 2.41. The summed E-state index contributed by atoms with van der Waals surface area (Å²) in [5, 5.41) is 0. The van der Waals surface area contributed by atoms with E-state index in [9.17, 15) is 4.79 Å². The summed E-state index contributed by atoms with van der Waals surface area (Å²) in [4.78, 5) is 27.0. The van der Waals surface area contributed by atoms with Crippen molar-refractivity contribution < 1.29 is 9.53 Å². The molecular formula is C17H20N4O2. The normalized spacial score (nSPS) is 18.5. The molecule has 0 bridgehead atoms. The Morgan fingerprint density at radius 1 is 1.35 bits per heavy atom. The minimum absolute atomic E-state index is 0.0417. The van der Waals surface area contributed by atoms with Crippen LogP contribution >= 0.6 is 0 Å². The Morgan fingerprint density at radius 3 is 3.04 bits per heavy atom. The van der Waals surface area contributed by atoms with E-state index in [1.165, 1.54) is 0 Å². The molecule has 1 saturated heterocycles. The van der Waals surface area contributed by atoms with Crippen LogP contribution in [0.2, 0.25) is 0 Å². The van der Waals surface area contributed by atoms with Crippen LogP contribution in [0.25, 0.3) is 0 Å². The molecule has 2 aromatic rings. The molecule has 120 valence electrons. The Labute approximate surface area is 135 Å². The molecule has 0 N–H and O–H groups in total. The van der Waals surface area contributed by atoms with Crippen LogP contribution in [-0.2, 0) is 11.2 Å². The highest BCUT2D eigenvalue weighted by molar-refractivity contribution is 5.92. The van der Waals surface area contributed by atoms with Crippen molar-refractivity contribution in [2.45, 2.75) is 13.3 Å². The molecule has 1 aliphatic rings. The van der Waals surface area contributed by atoms with Gasteiger partial charge in [-0.1, -0.05) is 6.07 Å². The second-order valence-electron chi connectivity index (χ2n) is 5.76. The van der Waals surface area contributed by atoms with E-state index in [1.54, 1.807) is 18.6 Å². The fourth-order valence-electron chi connectivity index (χ4n) is 2.76. The SMILES string of the molecule is Cc1cc(C[C@H]2COCCN(C(=O)c3ccccn3)C2)ncn1. The zero-order valence-corrected chi connectivity index (χ0v) is 13.2. The van der Waals surface area contributed by atoms with Crippen molar-refractivity contribution in [2.75, 3.05) is 26.3 Å². The van der Waals surface area contributed by atoms with Crippen LogP contribution in [0, 0.1) is 12.8 Å². The summed E-state index contributed by atoms with van der Waals surface area (Å²) < 4.78 is 5.67. The lowest BCUT2D eigenvalue weighted by molar-refractivity contribution is 0.0731. The molecule has 0 aromatic carbocycles. The number of carbonyl (C=O) groups is 1. The number of pyridine rings is 1. The van der Waals surface area contributed by atoms with Crippen LogP contribution in [0.15, 0.2) is 36.8 Å². The molecule has 0 spiro atoms. The van der Waals surface area contributed by atoms with Crippen LogP contribution < -0.4 is 0 Å². The van der Waals surface area contributed by atoms with Gasteiger partial charge in [-0.3, -0.25) is 9.78 Å². The van der Waals surface area contributed by atoms with Gasteiger partial charge in [0.25, 0.3) is 5.91 Å². The molecule has 3 rings (SSSR count). The van der Waals surface area contributed by atoms with E-state index in [2.05, 4.69) is 15.0 Å². The standard InChI is InChI=1S/C17H20N4O2/c1-13-8-15(20-12-19-13)9-14-10-21(6-7-23-11-14)17(22)16-4-2-3-5-18-16/h2-5,8,12,14H,6-7,9-11H2,1H3/t14-/m1/s1. The fraction of sp³-hybridized carbons (Fsp3) is 0.412. The summed E-state index contributed by atoms with van der Waals surface area (Å²) in [6, 6.07) is 7.37. The minimum atomic E-state index is -0.0417. The van der Waals surface area contributed by atoms with E-state index >= 15 is 0 Å².